The average Bonchev–Trinajstić information content (AvgIpc) is 1.51. The van der Waals surface area contributed by atoms with Crippen LogP contribution in [0.3, 0.4) is 0 Å². The third-order valence-corrected chi connectivity index (χ3v) is 39.5. The third-order valence-electron chi connectivity index (χ3n) is 39.5. The van der Waals surface area contributed by atoms with Crippen molar-refractivity contribution >= 4 is 131 Å². The second-order valence-corrected chi connectivity index (χ2v) is 45.9. The summed E-state index contributed by atoms with van der Waals surface area (Å²) < 4.78 is 26.5. The minimum atomic E-state index is 0.142. The Hall–Kier alpha value is -15.2. The van der Waals surface area contributed by atoms with E-state index in [1.807, 2.05) is 12.1 Å². The van der Waals surface area contributed by atoms with Crippen LogP contribution in [0, 0.1) is 71.0 Å². The number of fused-ring (bicyclic) bond motifs is 27. The van der Waals surface area contributed by atoms with Crippen molar-refractivity contribution in [3.05, 3.63) is 416 Å². The van der Waals surface area contributed by atoms with Crippen LogP contribution in [-0.4, -0.2) is 13.7 Å². The van der Waals surface area contributed by atoms with E-state index in [2.05, 4.69) is 384 Å². The molecule has 690 valence electrons. The third kappa shape index (κ3) is 10.7. The zero-order valence-corrected chi connectivity index (χ0v) is 80.5. The maximum atomic E-state index is 6.39. The summed E-state index contributed by atoms with van der Waals surface area (Å²) in [6.07, 6.45) is 21.3. The molecule has 0 unspecified atom stereocenters. The number of para-hydroxylation sites is 7. The summed E-state index contributed by atoms with van der Waals surface area (Å²) in [5.74, 6) is 10.3. The summed E-state index contributed by atoms with van der Waals surface area (Å²) in [5.41, 5.74) is 43.3. The molecule has 15 aliphatic rings. The van der Waals surface area contributed by atoms with Crippen LogP contribution >= 0.6 is 0 Å². The van der Waals surface area contributed by atoms with Crippen LogP contribution in [0.2, 0.25) is 0 Å². The second kappa shape index (κ2) is 29.5. The molecule has 144 heavy (non-hydrogen) atoms. The van der Waals surface area contributed by atoms with Gasteiger partial charge >= 0.3 is 0 Å². The van der Waals surface area contributed by atoms with Gasteiger partial charge in [0.25, 0.3) is 0 Å². The van der Waals surface area contributed by atoms with Crippen molar-refractivity contribution < 1.29 is 13.3 Å². The van der Waals surface area contributed by atoms with E-state index < -0.39 is 0 Å². The highest BCUT2D eigenvalue weighted by Crippen LogP contribution is 2.74. The Kier molecular flexibility index (Phi) is 16.5. The van der Waals surface area contributed by atoms with Crippen LogP contribution in [0.25, 0.3) is 215 Å². The van der Waals surface area contributed by atoms with Gasteiger partial charge in [0.15, 0.2) is 0 Å². The molecule has 0 saturated heterocycles. The van der Waals surface area contributed by atoms with Crippen molar-refractivity contribution in [1.29, 1.82) is 0 Å². The van der Waals surface area contributed by atoms with Gasteiger partial charge in [0.05, 0.1) is 33.1 Å². The second-order valence-electron chi connectivity index (χ2n) is 45.9. The number of hydrogen-bond acceptors (Lipinski definition) is 3. The number of nitrogens with zero attached hydrogens (tertiary/aromatic N) is 3. The van der Waals surface area contributed by atoms with E-state index in [0.717, 1.165) is 105 Å². The first-order chi connectivity index (χ1) is 71.3. The van der Waals surface area contributed by atoms with Crippen molar-refractivity contribution in [2.45, 2.75) is 113 Å². The SMILES string of the molecule is c1ccc2c(c1)-c1cc(-n3c4ccccc4c4c(-c5ccc6oc7ccccc7c6c5)cccc43)ccc1C21C2CC3CC(C2)CC1C3.c1ccc2c(c1)-c1cc(-n3c4ccccc4c4c(-c5cccc6oc7ccccc7c56)cccc43)ccc1C21C2CC3CC(C2)CC1C3.c1ccc2c(c1)-c1ccc(-n3c4ccccc4c4cccc(-c5ccc6c(c5)oc5ccccc56)c43)cc1C21C2CC3CC(C2)CC1C3. The van der Waals surface area contributed by atoms with E-state index in [1.165, 1.54) is 278 Å². The summed E-state index contributed by atoms with van der Waals surface area (Å²) >= 11 is 0. The molecule has 0 amide bonds. The van der Waals surface area contributed by atoms with E-state index in [1.54, 1.807) is 33.4 Å². The molecule has 6 heteroatoms. The van der Waals surface area contributed by atoms with Gasteiger partial charge in [0.2, 0.25) is 0 Å². The number of hydrogen-bond donors (Lipinski definition) is 0. The van der Waals surface area contributed by atoms with E-state index in [9.17, 15) is 0 Å². The van der Waals surface area contributed by atoms with Crippen LogP contribution in [0.15, 0.2) is 395 Å². The first-order valence-electron chi connectivity index (χ1n) is 53.8. The molecule has 6 aromatic heterocycles. The molecule has 12 fully saturated rings. The smallest absolute Gasteiger partial charge is 0.136 e. The van der Waals surface area contributed by atoms with E-state index in [4.69, 9.17) is 13.3 Å². The summed E-state index contributed by atoms with van der Waals surface area (Å²) in [7, 11) is 0. The minimum absolute atomic E-state index is 0.142. The fourth-order valence-electron chi connectivity index (χ4n) is 35.2. The van der Waals surface area contributed by atoms with Crippen LogP contribution in [0.4, 0.5) is 0 Å². The number of rotatable bonds is 6. The van der Waals surface area contributed by atoms with Gasteiger partial charge in [-0.15, -0.1) is 0 Å². The van der Waals surface area contributed by atoms with Crippen molar-refractivity contribution in [2.75, 3.05) is 0 Å². The van der Waals surface area contributed by atoms with Crippen LogP contribution in [-0.2, 0) is 16.2 Å². The molecule has 0 atom stereocenters. The maximum absolute atomic E-state index is 6.39. The molecule has 12 bridgehead atoms. The Labute approximate surface area is 835 Å². The standard InChI is InChI=1S/3C46H35NO/c1-4-14-38-32(9-1)37-26-31(19-20-39(37)46(38)29-22-27-21-28(24-29)25-30(46)23-27)47-40-15-5-2-10-35(40)44-33(12-7-16-41(44)47)34-13-8-18-43-45(34)36-11-3-6-17-42(36)48-43;1-4-12-39-34(8-1)37-26-32(17-18-40(37)46(39)30-21-27-20-28(23-30)24-31(46)22-27)47-41-13-5-2-10-36(41)45-33(11-7-14-42(45)47)29-16-19-44-38(25-29)35-9-3-6-15-43(35)48-44;1-4-13-40-34(8-1)35-19-17-32(26-41(35)46(40)30-21-27-20-28(23-30)24-31(46)22-27)47-42-14-5-2-9-36(42)39-12-7-11-33(45(39)47)29-16-18-38-37-10-3-6-15-43(37)48-44(38)25-29/h1-20,26-30H,21-25H2;2*1-19,25-28,30-31H,20-24H2. The predicted molar refractivity (Wildman–Crippen MR) is 590 cm³/mol. The zero-order chi connectivity index (χ0) is 93.4. The van der Waals surface area contributed by atoms with Crippen molar-refractivity contribution in [2.24, 2.45) is 71.0 Å². The van der Waals surface area contributed by atoms with Crippen LogP contribution in [0.5, 0.6) is 0 Å². The van der Waals surface area contributed by atoms with Crippen LogP contribution in [0.1, 0.15) is 130 Å². The Morgan fingerprint density at radius 3 is 1.06 bits per heavy atom. The highest BCUT2D eigenvalue weighted by molar-refractivity contribution is 6.23. The molecule has 12 saturated carbocycles. The predicted octanol–water partition coefficient (Wildman–Crippen LogP) is 36.2. The fraction of sp³-hybridized carbons (Fsp3) is 0.217. The molecule has 3 spiro atoms. The first kappa shape index (κ1) is 80.3. The zero-order valence-electron chi connectivity index (χ0n) is 80.5. The van der Waals surface area contributed by atoms with Crippen molar-refractivity contribution in [1.82, 2.24) is 13.7 Å². The minimum Gasteiger partial charge on any atom is -0.456 e. The fourth-order valence-corrected chi connectivity index (χ4v) is 35.2. The summed E-state index contributed by atoms with van der Waals surface area (Å²) in [6.45, 7) is 0. The Morgan fingerprint density at radius 2 is 0.507 bits per heavy atom. The quantitative estimate of drug-likeness (QED) is 0.167. The van der Waals surface area contributed by atoms with Gasteiger partial charge < -0.3 is 27.0 Å². The van der Waals surface area contributed by atoms with Crippen molar-refractivity contribution in [3.8, 4) is 83.8 Å². The summed E-state index contributed by atoms with van der Waals surface area (Å²) in [5, 5.41) is 14.8. The van der Waals surface area contributed by atoms with Crippen molar-refractivity contribution in [3.63, 3.8) is 0 Å². The topological polar surface area (TPSA) is 54.2 Å². The molecule has 6 heterocycles. The lowest BCUT2D eigenvalue weighted by atomic mass is 9.43. The molecular weight excluding hydrogens is 1750 g/mol. The van der Waals surface area contributed by atoms with Gasteiger partial charge in [-0.2, -0.15) is 0 Å². The summed E-state index contributed by atoms with van der Waals surface area (Å²) in [4.78, 5) is 0. The van der Waals surface area contributed by atoms with Gasteiger partial charge in [-0.1, -0.05) is 267 Å². The maximum Gasteiger partial charge on any atom is 0.136 e. The highest BCUT2D eigenvalue weighted by atomic mass is 16.3. The molecular formula is C138H105N3O3. The lowest BCUT2D eigenvalue weighted by molar-refractivity contribution is -0.0399. The van der Waals surface area contributed by atoms with E-state index >= 15 is 0 Å². The van der Waals surface area contributed by atoms with E-state index in [0.29, 0.717) is 0 Å². The monoisotopic (exact) mass is 1850 g/mol. The van der Waals surface area contributed by atoms with Gasteiger partial charge in [-0.05, 0) is 377 Å². The molecule has 6 nitrogen and oxygen atoms in total. The Morgan fingerprint density at radius 1 is 0.174 bits per heavy atom. The molecule has 0 N–H and O–H groups in total. The Balaban J connectivity index is 0.0000000932. The van der Waals surface area contributed by atoms with Crippen LogP contribution < -0.4 is 0 Å². The number of aromatic nitrogens is 3. The normalized spacial score (nSPS) is 25.2. The molecule has 18 aromatic carbocycles. The highest BCUT2D eigenvalue weighted by Gasteiger charge is 2.65. The summed E-state index contributed by atoms with van der Waals surface area (Å²) in [6, 6.07) is 143. The van der Waals surface area contributed by atoms with E-state index in [-0.39, 0.29) is 16.2 Å². The van der Waals surface area contributed by atoms with Gasteiger partial charge in [-0.3, -0.25) is 0 Å². The lowest BCUT2D eigenvalue weighted by Crippen LogP contribution is -2.55. The van der Waals surface area contributed by atoms with Gasteiger partial charge in [0, 0.05) is 104 Å². The van der Waals surface area contributed by atoms with Gasteiger partial charge in [0.1, 0.15) is 33.5 Å². The Bertz CT molecular complexity index is 9620. The molecule has 0 aliphatic heterocycles. The largest absolute Gasteiger partial charge is 0.456 e. The lowest BCUT2D eigenvalue weighted by Gasteiger charge is -2.61. The molecule has 24 aromatic rings. The van der Waals surface area contributed by atoms with Gasteiger partial charge in [-0.25, -0.2) is 0 Å². The molecule has 39 rings (SSSR count). The molecule has 15 aliphatic carbocycles. The first-order valence-corrected chi connectivity index (χ1v) is 53.8. The molecule has 0 radical (unpaired) electrons. The average molecular weight is 1850 g/mol. The number of furan rings is 3. The number of benzene rings is 18.